The summed E-state index contributed by atoms with van der Waals surface area (Å²) in [6.07, 6.45) is 5.28. The molecule has 0 aliphatic carbocycles. The minimum absolute atomic E-state index is 0.00821. The van der Waals surface area contributed by atoms with E-state index >= 15 is 0 Å². The molecule has 3 aromatic carbocycles. The lowest BCUT2D eigenvalue weighted by atomic mass is 9.95. The van der Waals surface area contributed by atoms with Gasteiger partial charge in [0.25, 0.3) is 0 Å². The second-order valence-electron chi connectivity index (χ2n) is 11.8. The van der Waals surface area contributed by atoms with Gasteiger partial charge < -0.3 is 19.7 Å². The second-order valence-corrected chi connectivity index (χ2v) is 11.8. The summed E-state index contributed by atoms with van der Waals surface area (Å²) in [5, 5.41) is 2.86. The summed E-state index contributed by atoms with van der Waals surface area (Å²) in [4.78, 5) is 57.9. The molecule has 1 saturated heterocycles. The Hall–Kier alpha value is -4.76. The minimum atomic E-state index is -1.10. The van der Waals surface area contributed by atoms with Gasteiger partial charge in [-0.2, -0.15) is 0 Å². The number of ether oxygens (including phenoxy) is 2. The lowest BCUT2D eigenvalue weighted by Gasteiger charge is -2.30. The molecule has 240 valence electrons. The zero-order valence-corrected chi connectivity index (χ0v) is 26.0. The summed E-state index contributed by atoms with van der Waals surface area (Å²) in [7, 11) is 0. The molecular formula is C37H41N3O6. The SMILES string of the molecule is O=C(OCc1ccccc1)[C@H]1CC=CCN(Cc2ccccc2)CC(=O)N2CCC[C@H]2C(=O)N[C@H](C(=O)OCc2ccccc2)C1. The largest absolute Gasteiger partial charge is 0.461 e. The van der Waals surface area contributed by atoms with Crippen LogP contribution in [0.15, 0.2) is 103 Å². The summed E-state index contributed by atoms with van der Waals surface area (Å²) in [6.45, 7) is 1.75. The first kappa shape index (κ1) is 32.6. The number of hydrogen-bond donors (Lipinski definition) is 1. The second kappa shape index (κ2) is 16.5. The fourth-order valence-corrected chi connectivity index (χ4v) is 5.86. The average molecular weight is 624 g/mol. The van der Waals surface area contributed by atoms with Gasteiger partial charge in [0.1, 0.15) is 25.3 Å². The smallest absolute Gasteiger partial charge is 0.328 e. The van der Waals surface area contributed by atoms with E-state index in [1.807, 2.05) is 108 Å². The van der Waals surface area contributed by atoms with Crippen LogP contribution in [0.3, 0.4) is 0 Å². The van der Waals surface area contributed by atoms with Crippen LogP contribution < -0.4 is 5.32 Å². The first-order valence-electron chi connectivity index (χ1n) is 15.9. The molecule has 9 nitrogen and oxygen atoms in total. The number of hydrogen-bond acceptors (Lipinski definition) is 7. The number of rotatable bonds is 8. The number of allylic oxidation sites excluding steroid dienone is 1. The van der Waals surface area contributed by atoms with Crippen LogP contribution in [0.4, 0.5) is 0 Å². The van der Waals surface area contributed by atoms with Gasteiger partial charge in [-0.25, -0.2) is 4.79 Å². The molecule has 2 amide bonds. The minimum Gasteiger partial charge on any atom is -0.461 e. The number of nitrogens with zero attached hydrogens (tertiary/aromatic N) is 2. The third-order valence-electron chi connectivity index (χ3n) is 8.34. The monoisotopic (exact) mass is 623 g/mol. The molecule has 1 N–H and O–H groups in total. The van der Waals surface area contributed by atoms with Gasteiger partial charge in [0.15, 0.2) is 0 Å². The van der Waals surface area contributed by atoms with Crippen molar-refractivity contribution in [1.82, 2.24) is 15.1 Å². The molecule has 46 heavy (non-hydrogen) atoms. The predicted molar refractivity (Wildman–Crippen MR) is 173 cm³/mol. The van der Waals surface area contributed by atoms with Gasteiger partial charge in [-0.3, -0.25) is 19.3 Å². The zero-order chi connectivity index (χ0) is 32.1. The van der Waals surface area contributed by atoms with Gasteiger partial charge in [0.2, 0.25) is 11.8 Å². The van der Waals surface area contributed by atoms with Crippen LogP contribution in [0.25, 0.3) is 0 Å². The Morgan fingerprint density at radius 1 is 0.761 bits per heavy atom. The number of esters is 2. The van der Waals surface area contributed by atoms with Crippen molar-refractivity contribution in [3.05, 3.63) is 120 Å². The molecular weight excluding hydrogens is 582 g/mol. The molecule has 2 heterocycles. The first-order chi connectivity index (χ1) is 22.5. The summed E-state index contributed by atoms with van der Waals surface area (Å²) < 4.78 is 11.3. The topological polar surface area (TPSA) is 105 Å². The van der Waals surface area contributed by atoms with Crippen molar-refractivity contribution < 1.29 is 28.7 Å². The van der Waals surface area contributed by atoms with E-state index in [2.05, 4.69) is 5.32 Å². The van der Waals surface area contributed by atoms with Gasteiger partial charge in [0, 0.05) is 19.6 Å². The summed E-state index contributed by atoms with van der Waals surface area (Å²) in [5.74, 6) is -2.38. The van der Waals surface area contributed by atoms with Crippen LogP contribution in [-0.2, 0) is 48.4 Å². The van der Waals surface area contributed by atoms with Gasteiger partial charge in [-0.15, -0.1) is 0 Å². The van der Waals surface area contributed by atoms with Gasteiger partial charge in [-0.05, 0) is 42.4 Å². The highest BCUT2D eigenvalue weighted by Crippen LogP contribution is 2.22. The van der Waals surface area contributed by atoms with Crippen molar-refractivity contribution in [3.63, 3.8) is 0 Å². The van der Waals surface area contributed by atoms with Crippen molar-refractivity contribution in [2.75, 3.05) is 19.6 Å². The van der Waals surface area contributed by atoms with Crippen LogP contribution in [0, 0.1) is 5.92 Å². The zero-order valence-electron chi connectivity index (χ0n) is 26.0. The predicted octanol–water partition coefficient (Wildman–Crippen LogP) is 4.42. The summed E-state index contributed by atoms with van der Waals surface area (Å²) in [5.41, 5.74) is 2.72. The molecule has 9 heteroatoms. The van der Waals surface area contributed by atoms with Crippen LogP contribution >= 0.6 is 0 Å². The number of amides is 2. The molecule has 2 aliphatic heterocycles. The van der Waals surface area contributed by atoms with Crippen LogP contribution in [0.5, 0.6) is 0 Å². The van der Waals surface area contributed by atoms with E-state index < -0.39 is 35.8 Å². The Labute approximate surface area is 270 Å². The number of carbonyl (C=O) groups excluding carboxylic acids is 4. The Balaban J connectivity index is 1.38. The molecule has 5 rings (SSSR count). The maximum absolute atomic E-state index is 13.7. The molecule has 0 aromatic heterocycles. The average Bonchev–Trinajstić information content (AvgIpc) is 3.59. The number of fused-ring (bicyclic) bond motifs is 1. The Kier molecular flexibility index (Phi) is 11.7. The maximum Gasteiger partial charge on any atom is 0.328 e. The van der Waals surface area contributed by atoms with Crippen molar-refractivity contribution in [3.8, 4) is 0 Å². The molecule has 0 unspecified atom stereocenters. The number of carbonyl (C=O) groups is 4. The maximum atomic E-state index is 13.7. The number of nitrogens with one attached hydrogen (secondary N) is 1. The van der Waals surface area contributed by atoms with Gasteiger partial charge >= 0.3 is 11.9 Å². The highest BCUT2D eigenvalue weighted by atomic mass is 16.5. The third kappa shape index (κ3) is 9.37. The molecule has 1 fully saturated rings. The van der Waals surface area contributed by atoms with Crippen molar-refractivity contribution in [2.45, 2.75) is 57.5 Å². The van der Waals surface area contributed by atoms with Crippen molar-refractivity contribution >= 4 is 23.8 Å². The first-order valence-corrected chi connectivity index (χ1v) is 15.9. The molecule has 0 bridgehead atoms. The number of benzene rings is 3. The van der Waals surface area contributed by atoms with Crippen molar-refractivity contribution in [2.24, 2.45) is 5.92 Å². The lowest BCUT2D eigenvalue weighted by molar-refractivity contribution is -0.154. The van der Waals surface area contributed by atoms with Gasteiger partial charge in [-0.1, -0.05) is 103 Å². The highest BCUT2D eigenvalue weighted by Gasteiger charge is 2.38. The van der Waals surface area contributed by atoms with E-state index in [1.54, 1.807) is 4.90 Å². The van der Waals surface area contributed by atoms with E-state index in [1.165, 1.54) is 0 Å². The van der Waals surface area contributed by atoms with E-state index in [4.69, 9.17) is 9.47 Å². The molecule has 3 aromatic rings. The third-order valence-corrected chi connectivity index (χ3v) is 8.34. The van der Waals surface area contributed by atoms with Crippen LogP contribution in [0.1, 0.15) is 42.4 Å². The standard InChI is InChI=1S/C37H41N3O6/c41-34-25-39(24-28-13-4-1-5-14-28)21-11-10-19-31(36(43)45-26-29-15-6-2-7-16-29)23-32(38-35(42)33-20-12-22-40(33)34)37(44)46-27-30-17-8-3-9-18-30/h1-11,13-18,31-33H,12,19-27H2,(H,38,42)/t31-,32-,33-/m0/s1. The Morgan fingerprint density at radius 2 is 1.35 bits per heavy atom. The molecule has 2 aliphatic rings. The molecule has 3 atom stereocenters. The fourth-order valence-electron chi connectivity index (χ4n) is 5.86. The fraction of sp³-hybridized carbons (Fsp3) is 0.351. The summed E-state index contributed by atoms with van der Waals surface area (Å²) >= 11 is 0. The molecule has 0 saturated carbocycles. The quantitative estimate of drug-likeness (QED) is 0.293. The normalized spacial score (nSPS) is 21.1. The molecule has 0 spiro atoms. The van der Waals surface area contributed by atoms with Crippen LogP contribution in [-0.4, -0.2) is 65.3 Å². The van der Waals surface area contributed by atoms with E-state index in [0.29, 0.717) is 32.5 Å². The van der Waals surface area contributed by atoms with E-state index in [9.17, 15) is 19.2 Å². The van der Waals surface area contributed by atoms with Crippen LogP contribution in [0.2, 0.25) is 0 Å². The van der Waals surface area contributed by atoms with Gasteiger partial charge in [0.05, 0.1) is 12.5 Å². The summed E-state index contributed by atoms with van der Waals surface area (Å²) in [6, 6.07) is 26.8. The lowest BCUT2D eigenvalue weighted by Crippen LogP contribution is -2.53. The highest BCUT2D eigenvalue weighted by molar-refractivity contribution is 5.92. The van der Waals surface area contributed by atoms with E-state index in [-0.39, 0.29) is 38.5 Å². The van der Waals surface area contributed by atoms with Crippen molar-refractivity contribution in [1.29, 1.82) is 0 Å². The Morgan fingerprint density at radius 3 is 1.98 bits per heavy atom. The van der Waals surface area contributed by atoms with E-state index in [0.717, 1.165) is 16.7 Å². The Bertz CT molecular complexity index is 1480. The molecule has 0 radical (unpaired) electrons.